The SMILES string of the molecule is CCCCCCCC/C=C\CCCCCCCCCCCC(=O)OC(COC(=O)CCCCCCCCCCCCCCCCCCCCCCCCC)COP(=O)(O)O. The molecule has 356 valence electrons. The van der Waals surface area contributed by atoms with Gasteiger partial charge in [0.25, 0.3) is 0 Å². The number of phosphoric acid groups is 1. The van der Waals surface area contributed by atoms with Gasteiger partial charge in [-0.15, -0.1) is 0 Å². The van der Waals surface area contributed by atoms with Crippen LogP contribution < -0.4 is 0 Å². The fraction of sp³-hybridized carbons (Fsp3) is 0.922. The van der Waals surface area contributed by atoms with Gasteiger partial charge in [-0.1, -0.05) is 244 Å². The van der Waals surface area contributed by atoms with Crippen molar-refractivity contribution >= 4 is 19.8 Å². The Morgan fingerprint density at radius 3 is 1.02 bits per heavy atom. The molecule has 1 atom stereocenters. The van der Waals surface area contributed by atoms with Gasteiger partial charge >= 0.3 is 19.8 Å². The van der Waals surface area contributed by atoms with E-state index in [1.807, 2.05) is 0 Å². The Labute approximate surface area is 371 Å². The van der Waals surface area contributed by atoms with Gasteiger partial charge in [-0.05, 0) is 38.5 Å². The first-order chi connectivity index (χ1) is 29.3. The number of ether oxygens (including phenoxy) is 2. The summed E-state index contributed by atoms with van der Waals surface area (Å²) < 4.78 is 26.5. The molecule has 8 nitrogen and oxygen atoms in total. The lowest BCUT2D eigenvalue weighted by atomic mass is 10.0. The van der Waals surface area contributed by atoms with E-state index in [4.69, 9.17) is 19.3 Å². The molecule has 0 fully saturated rings. The lowest BCUT2D eigenvalue weighted by molar-refractivity contribution is -0.161. The van der Waals surface area contributed by atoms with Gasteiger partial charge in [0.05, 0.1) is 6.61 Å². The van der Waals surface area contributed by atoms with E-state index < -0.39 is 32.5 Å². The maximum Gasteiger partial charge on any atom is 0.469 e. The zero-order valence-electron chi connectivity index (χ0n) is 39.6. The topological polar surface area (TPSA) is 119 Å². The second-order valence-electron chi connectivity index (χ2n) is 17.9. The summed E-state index contributed by atoms with van der Waals surface area (Å²) in [5, 5.41) is 0. The van der Waals surface area contributed by atoms with Crippen LogP contribution in [0.2, 0.25) is 0 Å². The molecule has 1 unspecified atom stereocenters. The number of carbonyl (C=O) groups is 2. The van der Waals surface area contributed by atoms with E-state index >= 15 is 0 Å². The Bertz CT molecular complexity index is 982. The third-order valence-electron chi connectivity index (χ3n) is 11.8. The summed E-state index contributed by atoms with van der Waals surface area (Å²) in [6.45, 7) is 3.74. The molecule has 2 N–H and O–H groups in total. The number of unbranched alkanes of at least 4 members (excludes halogenated alkanes) is 37. The summed E-state index contributed by atoms with van der Waals surface area (Å²) in [5.41, 5.74) is 0. The van der Waals surface area contributed by atoms with E-state index in [1.165, 1.54) is 212 Å². The van der Waals surface area contributed by atoms with Crippen molar-refractivity contribution in [3.8, 4) is 0 Å². The molecule has 0 amide bonds. The molecule has 0 spiro atoms. The summed E-state index contributed by atoms with van der Waals surface area (Å²) in [4.78, 5) is 43.1. The van der Waals surface area contributed by atoms with Crippen molar-refractivity contribution in [1.82, 2.24) is 0 Å². The molecule has 0 aliphatic carbocycles. The van der Waals surface area contributed by atoms with Gasteiger partial charge in [0.2, 0.25) is 0 Å². The second-order valence-corrected chi connectivity index (χ2v) is 19.1. The molecule has 60 heavy (non-hydrogen) atoms. The number of phosphoric ester groups is 1. The van der Waals surface area contributed by atoms with E-state index in [1.54, 1.807) is 0 Å². The highest BCUT2D eigenvalue weighted by Crippen LogP contribution is 2.36. The quantitative estimate of drug-likeness (QED) is 0.0268. The van der Waals surface area contributed by atoms with Crippen molar-refractivity contribution in [2.45, 2.75) is 290 Å². The molecular formula is C51H99O8P. The van der Waals surface area contributed by atoms with Crippen LogP contribution in [0.15, 0.2) is 12.2 Å². The molecule has 0 aromatic heterocycles. The van der Waals surface area contributed by atoms with Crippen molar-refractivity contribution in [2.75, 3.05) is 13.2 Å². The maximum absolute atomic E-state index is 12.5. The molecule has 0 aromatic rings. The number of rotatable bonds is 49. The van der Waals surface area contributed by atoms with Crippen molar-refractivity contribution in [3.05, 3.63) is 12.2 Å². The van der Waals surface area contributed by atoms with Gasteiger partial charge in [-0.25, -0.2) is 4.57 Å². The molecule has 9 heteroatoms. The maximum atomic E-state index is 12.5. The van der Waals surface area contributed by atoms with Gasteiger partial charge in [0, 0.05) is 12.8 Å². The predicted molar refractivity (Wildman–Crippen MR) is 253 cm³/mol. The first-order valence-corrected chi connectivity index (χ1v) is 27.5. The highest BCUT2D eigenvalue weighted by atomic mass is 31.2. The van der Waals surface area contributed by atoms with Gasteiger partial charge in [0.15, 0.2) is 6.10 Å². The summed E-state index contributed by atoms with van der Waals surface area (Å²) in [6, 6.07) is 0. The van der Waals surface area contributed by atoms with E-state index in [9.17, 15) is 14.2 Å². The van der Waals surface area contributed by atoms with E-state index in [2.05, 4.69) is 30.5 Å². The average Bonchev–Trinajstić information content (AvgIpc) is 3.22. The number of carbonyl (C=O) groups excluding carboxylic acids is 2. The van der Waals surface area contributed by atoms with Gasteiger partial charge < -0.3 is 19.3 Å². The van der Waals surface area contributed by atoms with Crippen LogP contribution in [-0.4, -0.2) is 41.0 Å². The van der Waals surface area contributed by atoms with E-state index in [0.717, 1.165) is 38.5 Å². The Hall–Kier alpha value is -1.21. The molecule has 0 saturated heterocycles. The van der Waals surface area contributed by atoms with Gasteiger partial charge in [-0.3, -0.25) is 14.1 Å². The Morgan fingerprint density at radius 1 is 0.417 bits per heavy atom. The Balaban J connectivity index is 3.76. The number of hydrogen-bond donors (Lipinski definition) is 2. The highest BCUT2D eigenvalue weighted by Gasteiger charge is 2.23. The minimum atomic E-state index is -4.76. The van der Waals surface area contributed by atoms with Crippen molar-refractivity contribution in [1.29, 1.82) is 0 Å². The normalized spacial score (nSPS) is 12.4. The van der Waals surface area contributed by atoms with Crippen LogP contribution in [0.5, 0.6) is 0 Å². The molecule has 0 rings (SSSR count). The average molecular weight is 871 g/mol. The Morgan fingerprint density at radius 2 is 0.700 bits per heavy atom. The molecule has 0 radical (unpaired) electrons. The molecule has 0 bridgehead atoms. The summed E-state index contributed by atoms with van der Waals surface area (Å²) >= 11 is 0. The van der Waals surface area contributed by atoms with Crippen LogP contribution in [0.4, 0.5) is 0 Å². The summed E-state index contributed by atoms with van der Waals surface area (Å²) in [5.74, 6) is -0.868. The highest BCUT2D eigenvalue weighted by molar-refractivity contribution is 7.46. The first kappa shape index (κ1) is 58.8. The standard InChI is InChI=1S/C51H99O8P/c1-3-5-7-9-11-13-15-17-19-21-23-24-25-26-28-29-31-33-35-37-39-41-43-45-50(52)57-47-49(48-58-60(54,55)56)59-51(53)46-44-42-40-38-36-34-32-30-27-22-20-18-16-14-12-10-8-6-4-2/h18,20,49H,3-17,19,21-48H2,1-2H3,(H2,54,55,56)/b20-18-. The van der Waals surface area contributed by atoms with Gasteiger partial charge in [-0.2, -0.15) is 0 Å². The van der Waals surface area contributed by atoms with Crippen LogP contribution >= 0.6 is 7.82 Å². The number of hydrogen-bond acceptors (Lipinski definition) is 6. The zero-order chi connectivity index (χ0) is 43.9. The fourth-order valence-corrected chi connectivity index (χ4v) is 8.26. The van der Waals surface area contributed by atoms with Crippen LogP contribution in [-0.2, 0) is 28.2 Å². The minimum Gasteiger partial charge on any atom is -0.462 e. The molecule has 0 saturated carbocycles. The summed E-state index contributed by atoms with van der Waals surface area (Å²) in [7, 11) is -4.76. The Kier molecular flexibility index (Phi) is 46.3. The third-order valence-corrected chi connectivity index (χ3v) is 12.3. The van der Waals surface area contributed by atoms with Crippen molar-refractivity contribution in [2.24, 2.45) is 0 Å². The summed E-state index contributed by atoms with van der Waals surface area (Å²) in [6.07, 6.45) is 55.2. The lowest BCUT2D eigenvalue weighted by Crippen LogP contribution is -2.29. The molecule has 0 aromatic carbocycles. The third kappa shape index (κ3) is 49.4. The van der Waals surface area contributed by atoms with Gasteiger partial charge in [0.1, 0.15) is 6.61 Å². The van der Waals surface area contributed by atoms with E-state index in [0.29, 0.717) is 6.42 Å². The van der Waals surface area contributed by atoms with Crippen LogP contribution in [0.25, 0.3) is 0 Å². The predicted octanol–water partition coefficient (Wildman–Crippen LogP) is 16.5. The van der Waals surface area contributed by atoms with Crippen LogP contribution in [0, 0.1) is 0 Å². The van der Waals surface area contributed by atoms with Crippen molar-refractivity contribution in [3.63, 3.8) is 0 Å². The zero-order valence-corrected chi connectivity index (χ0v) is 40.5. The smallest absolute Gasteiger partial charge is 0.462 e. The van der Waals surface area contributed by atoms with E-state index in [-0.39, 0.29) is 19.4 Å². The molecule has 0 heterocycles. The lowest BCUT2D eigenvalue weighted by Gasteiger charge is -2.18. The number of esters is 2. The number of allylic oxidation sites excluding steroid dienone is 2. The largest absolute Gasteiger partial charge is 0.469 e. The first-order valence-electron chi connectivity index (χ1n) is 26.0. The molecular weight excluding hydrogens is 772 g/mol. The van der Waals surface area contributed by atoms with Crippen LogP contribution in [0.1, 0.15) is 284 Å². The minimum absolute atomic E-state index is 0.215. The monoisotopic (exact) mass is 871 g/mol. The molecule has 0 aliphatic rings. The van der Waals surface area contributed by atoms with Crippen molar-refractivity contribution < 1.29 is 37.9 Å². The van der Waals surface area contributed by atoms with Crippen LogP contribution in [0.3, 0.4) is 0 Å². The second kappa shape index (κ2) is 47.3. The molecule has 0 aliphatic heterocycles. The fourth-order valence-electron chi connectivity index (χ4n) is 7.90.